The van der Waals surface area contributed by atoms with Crippen molar-refractivity contribution in [2.24, 2.45) is 5.73 Å². The molecule has 2 aromatic heterocycles. The summed E-state index contributed by atoms with van der Waals surface area (Å²) in [6, 6.07) is 1.45. The molecule has 128 valence electrons. The summed E-state index contributed by atoms with van der Waals surface area (Å²) < 4.78 is 1.83. The van der Waals surface area contributed by atoms with E-state index in [9.17, 15) is 9.59 Å². The lowest BCUT2D eigenvalue weighted by Crippen LogP contribution is -2.51. The third-order valence-corrected chi connectivity index (χ3v) is 5.05. The van der Waals surface area contributed by atoms with Crippen LogP contribution in [0.2, 0.25) is 0 Å². The van der Waals surface area contributed by atoms with Crippen molar-refractivity contribution in [2.45, 2.75) is 44.3 Å². The molecular weight excluding hydrogens is 328 g/mol. The van der Waals surface area contributed by atoms with E-state index in [2.05, 4.69) is 15.2 Å². The van der Waals surface area contributed by atoms with E-state index in [-0.39, 0.29) is 11.7 Å². The molecule has 8 nitrogen and oxygen atoms in total. The van der Waals surface area contributed by atoms with Crippen LogP contribution >= 0.6 is 11.8 Å². The van der Waals surface area contributed by atoms with Gasteiger partial charge in [-0.1, -0.05) is 11.8 Å². The second kappa shape index (κ2) is 6.76. The molecule has 1 aliphatic heterocycles. The summed E-state index contributed by atoms with van der Waals surface area (Å²) in [4.78, 5) is 30.0. The van der Waals surface area contributed by atoms with E-state index >= 15 is 0 Å². The van der Waals surface area contributed by atoms with Crippen LogP contribution in [-0.2, 0) is 9.59 Å². The number of nitrogens with two attached hydrogens (primary N) is 1. The molecule has 0 aromatic carbocycles. The molecule has 0 unspecified atom stereocenters. The van der Waals surface area contributed by atoms with E-state index in [1.807, 2.05) is 24.3 Å². The molecule has 2 amide bonds. The highest BCUT2D eigenvalue weighted by Crippen LogP contribution is 2.22. The highest BCUT2D eigenvalue weighted by Gasteiger charge is 2.30. The summed E-state index contributed by atoms with van der Waals surface area (Å²) in [5.74, 6) is 0.183. The Bertz CT molecular complexity index is 790. The SMILES string of the molecule is Cc1cc(C)n2c(SCC(=O)N3CCCC[C@H]3C(N)=O)nnc2n1. The van der Waals surface area contributed by atoms with Crippen LogP contribution in [0.15, 0.2) is 11.2 Å². The van der Waals surface area contributed by atoms with Crippen molar-refractivity contribution in [3.8, 4) is 0 Å². The molecule has 1 aliphatic rings. The Morgan fingerprint density at radius 2 is 2.12 bits per heavy atom. The minimum Gasteiger partial charge on any atom is -0.368 e. The van der Waals surface area contributed by atoms with Crippen molar-refractivity contribution in [2.75, 3.05) is 12.3 Å². The molecule has 3 rings (SSSR count). The molecule has 24 heavy (non-hydrogen) atoms. The van der Waals surface area contributed by atoms with E-state index < -0.39 is 11.9 Å². The van der Waals surface area contributed by atoms with Crippen LogP contribution in [0.1, 0.15) is 30.7 Å². The molecule has 9 heteroatoms. The van der Waals surface area contributed by atoms with Crippen LogP contribution in [0.5, 0.6) is 0 Å². The third kappa shape index (κ3) is 3.21. The van der Waals surface area contributed by atoms with Crippen LogP contribution in [0.3, 0.4) is 0 Å². The van der Waals surface area contributed by atoms with Gasteiger partial charge >= 0.3 is 0 Å². The first kappa shape index (κ1) is 16.7. The maximum absolute atomic E-state index is 12.5. The largest absolute Gasteiger partial charge is 0.368 e. The van der Waals surface area contributed by atoms with Gasteiger partial charge in [0.2, 0.25) is 11.8 Å². The number of nitrogens with zero attached hydrogens (tertiary/aromatic N) is 5. The number of thioether (sulfide) groups is 1. The maximum atomic E-state index is 12.5. The summed E-state index contributed by atoms with van der Waals surface area (Å²) in [7, 11) is 0. The molecule has 0 spiro atoms. The number of carbonyl (C=O) groups excluding carboxylic acids is 2. The summed E-state index contributed by atoms with van der Waals surface area (Å²) >= 11 is 1.30. The molecule has 0 aliphatic carbocycles. The molecule has 0 saturated carbocycles. The minimum absolute atomic E-state index is 0.0991. The number of carbonyl (C=O) groups is 2. The highest BCUT2D eigenvalue weighted by molar-refractivity contribution is 7.99. The molecule has 1 atom stereocenters. The van der Waals surface area contributed by atoms with Gasteiger partial charge in [0.1, 0.15) is 6.04 Å². The number of rotatable bonds is 4. The molecule has 1 saturated heterocycles. The number of amides is 2. The lowest BCUT2D eigenvalue weighted by molar-refractivity contribution is -0.138. The van der Waals surface area contributed by atoms with Gasteiger partial charge in [0, 0.05) is 17.9 Å². The van der Waals surface area contributed by atoms with E-state index in [0.29, 0.717) is 23.9 Å². The van der Waals surface area contributed by atoms with Gasteiger partial charge in [-0.3, -0.25) is 14.0 Å². The fourth-order valence-corrected chi connectivity index (χ4v) is 3.90. The predicted molar refractivity (Wildman–Crippen MR) is 89.5 cm³/mol. The predicted octanol–water partition coefficient (Wildman–Crippen LogP) is 0.700. The lowest BCUT2D eigenvalue weighted by atomic mass is 10.0. The van der Waals surface area contributed by atoms with E-state index in [4.69, 9.17) is 5.73 Å². The summed E-state index contributed by atoms with van der Waals surface area (Å²) in [6.07, 6.45) is 2.46. The van der Waals surface area contributed by atoms with Gasteiger partial charge < -0.3 is 10.6 Å². The van der Waals surface area contributed by atoms with Crippen LogP contribution in [0.4, 0.5) is 0 Å². The number of aryl methyl sites for hydroxylation is 2. The molecule has 0 radical (unpaired) electrons. The van der Waals surface area contributed by atoms with Gasteiger partial charge in [0.15, 0.2) is 5.16 Å². The fraction of sp³-hybridized carbons (Fsp3) is 0.533. The van der Waals surface area contributed by atoms with Crippen molar-refractivity contribution >= 4 is 29.4 Å². The van der Waals surface area contributed by atoms with Crippen molar-refractivity contribution in [1.29, 1.82) is 0 Å². The first-order valence-corrected chi connectivity index (χ1v) is 8.87. The molecular formula is C15H20N6O2S. The smallest absolute Gasteiger partial charge is 0.256 e. The van der Waals surface area contributed by atoms with Crippen LogP contribution < -0.4 is 5.73 Å². The average molecular weight is 348 g/mol. The average Bonchev–Trinajstić information content (AvgIpc) is 2.95. The van der Waals surface area contributed by atoms with Gasteiger partial charge in [0.25, 0.3) is 5.78 Å². The van der Waals surface area contributed by atoms with E-state index in [0.717, 1.165) is 24.2 Å². The number of primary amides is 1. The Labute approximate surface area is 143 Å². The second-order valence-corrected chi connectivity index (χ2v) is 6.89. The van der Waals surface area contributed by atoms with Crippen molar-refractivity contribution in [1.82, 2.24) is 24.5 Å². The second-order valence-electron chi connectivity index (χ2n) is 5.95. The number of hydrogen-bond donors (Lipinski definition) is 1. The first-order valence-electron chi connectivity index (χ1n) is 7.88. The van der Waals surface area contributed by atoms with Gasteiger partial charge in [-0.05, 0) is 39.2 Å². The number of piperidine rings is 1. The first-order chi connectivity index (χ1) is 11.5. The monoisotopic (exact) mass is 348 g/mol. The minimum atomic E-state index is -0.493. The number of likely N-dealkylation sites (tertiary alicyclic amines) is 1. The van der Waals surface area contributed by atoms with Gasteiger partial charge in [-0.2, -0.15) is 0 Å². The van der Waals surface area contributed by atoms with Gasteiger partial charge in [-0.15, -0.1) is 10.2 Å². The highest BCUT2D eigenvalue weighted by atomic mass is 32.2. The zero-order chi connectivity index (χ0) is 17.3. The van der Waals surface area contributed by atoms with Crippen molar-refractivity contribution in [3.63, 3.8) is 0 Å². The summed E-state index contributed by atoms with van der Waals surface area (Å²) in [6.45, 7) is 4.43. The summed E-state index contributed by atoms with van der Waals surface area (Å²) in [5.41, 5.74) is 7.26. The van der Waals surface area contributed by atoms with E-state index in [1.54, 1.807) is 4.90 Å². The number of hydrogen-bond acceptors (Lipinski definition) is 6. The lowest BCUT2D eigenvalue weighted by Gasteiger charge is -2.33. The zero-order valence-electron chi connectivity index (χ0n) is 13.7. The zero-order valence-corrected chi connectivity index (χ0v) is 14.5. The van der Waals surface area contributed by atoms with Gasteiger partial charge in [0.05, 0.1) is 5.75 Å². The molecule has 2 aromatic rings. The van der Waals surface area contributed by atoms with Crippen molar-refractivity contribution < 1.29 is 9.59 Å². The Morgan fingerprint density at radius 1 is 1.33 bits per heavy atom. The number of fused-ring (bicyclic) bond motifs is 1. The topological polar surface area (TPSA) is 106 Å². The molecule has 1 fully saturated rings. The normalized spacial score (nSPS) is 18.1. The molecule has 3 heterocycles. The van der Waals surface area contributed by atoms with Crippen LogP contribution in [-0.4, -0.2) is 54.6 Å². The van der Waals surface area contributed by atoms with E-state index in [1.165, 1.54) is 11.8 Å². The fourth-order valence-electron chi connectivity index (χ4n) is 3.03. The maximum Gasteiger partial charge on any atom is 0.256 e. The summed E-state index contributed by atoms with van der Waals surface area (Å²) in [5, 5.41) is 8.80. The van der Waals surface area contributed by atoms with Crippen LogP contribution in [0.25, 0.3) is 5.78 Å². The Kier molecular flexibility index (Phi) is 4.70. The Balaban J connectivity index is 1.73. The van der Waals surface area contributed by atoms with Crippen LogP contribution in [0, 0.1) is 13.8 Å². The third-order valence-electron chi connectivity index (χ3n) is 4.14. The van der Waals surface area contributed by atoms with Gasteiger partial charge in [-0.25, -0.2) is 4.98 Å². The Hall–Kier alpha value is -2.16. The molecule has 0 bridgehead atoms. The number of aromatic nitrogens is 4. The quantitative estimate of drug-likeness (QED) is 0.815. The standard InChI is InChI=1S/C15H20N6O2S/c1-9-7-10(2)21-14(17-9)18-19-15(21)24-8-12(22)20-6-4-3-5-11(20)13(16)23/h7,11H,3-6,8H2,1-2H3,(H2,16,23)/t11-/m0/s1. The van der Waals surface area contributed by atoms with Crippen molar-refractivity contribution in [3.05, 3.63) is 17.5 Å². The Morgan fingerprint density at radius 3 is 2.88 bits per heavy atom. The molecule has 2 N–H and O–H groups in total.